The van der Waals surface area contributed by atoms with E-state index in [1.807, 2.05) is 18.2 Å². The van der Waals surface area contributed by atoms with Gasteiger partial charge in [0.15, 0.2) is 0 Å². The number of hydrogen-bond acceptors (Lipinski definition) is 2. The summed E-state index contributed by atoms with van der Waals surface area (Å²) in [6.45, 7) is 4.93. The molecule has 0 amide bonds. The van der Waals surface area contributed by atoms with Crippen molar-refractivity contribution in [3.05, 3.63) is 30.1 Å². The van der Waals surface area contributed by atoms with Crippen molar-refractivity contribution >= 4 is 0 Å². The molecule has 0 aliphatic heterocycles. The minimum atomic E-state index is 0. The minimum Gasteiger partial charge on any atom is -0.330 e. The van der Waals surface area contributed by atoms with Crippen LogP contribution in [0.15, 0.2) is 24.4 Å². The average Bonchev–Trinajstić information content (AvgIpc) is 2.08. The molecule has 1 aromatic heterocycles. The summed E-state index contributed by atoms with van der Waals surface area (Å²) in [6, 6.07) is 5.85. The first kappa shape index (κ1) is 11.1. The molecule has 2 heteroatoms. The summed E-state index contributed by atoms with van der Waals surface area (Å²) in [5.41, 5.74) is 6.39. The van der Waals surface area contributed by atoms with Gasteiger partial charge in [-0.15, -0.1) is 0 Å². The maximum absolute atomic E-state index is 5.32. The van der Waals surface area contributed by atoms with E-state index in [1.54, 1.807) is 6.20 Å². The number of pyridine rings is 1. The lowest BCUT2D eigenvalue weighted by Crippen LogP contribution is -2.03. The van der Waals surface area contributed by atoms with Crippen molar-refractivity contribution < 1.29 is 1.43 Å². The van der Waals surface area contributed by atoms with Crippen LogP contribution in [-0.4, -0.2) is 11.5 Å². The molecule has 0 radical (unpaired) electrons. The van der Waals surface area contributed by atoms with Crippen molar-refractivity contribution in [2.24, 2.45) is 5.73 Å². The average molecular weight is 168 g/mol. The zero-order valence-corrected chi connectivity index (χ0v) is 7.96. The first-order valence-corrected chi connectivity index (χ1v) is 4.45. The largest absolute Gasteiger partial charge is 0.330 e. The van der Waals surface area contributed by atoms with Crippen LogP contribution >= 0.6 is 0 Å². The van der Waals surface area contributed by atoms with Crippen LogP contribution in [0.1, 0.15) is 27.4 Å². The highest BCUT2D eigenvalue weighted by Crippen LogP contribution is 1.91. The van der Waals surface area contributed by atoms with E-state index < -0.39 is 0 Å². The second-order valence-electron chi connectivity index (χ2n) is 2.57. The third-order valence-electron chi connectivity index (χ3n) is 1.13. The normalized spacial score (nSPS) is 8.58. The van der Waals surface area contributed by atoms with Gasteiger partial charge in [0.2, 0.25) is 0 Å². The fourth-order valence-electron chi connectivity index (χ4n) is 0.694. The molecule has 0 spiro atoms. The Morgan fingerprint density at radius 1 is 1.42 bits per heavy atom. The van der Waals surface area contributed by atoms with Crippen LogP contribution in [0.3, 0.4) is 0 Å². The number of nitrogens with zero attached hydrogens (tertiary/aromatic N) is 1. The van der Waals surface area contributed by atoms with Gasteiger partial charge < -0.3 is 5.73 Å². The Morgan fingerprint density at radius 3 is 2.50 bits per heavy atom. The van der Waals surface area contributed by atoms with E-state index in [9.17, 15) is 0 Å². The Hall–Kier alpha value is -0.890. The van der Waals surface area contributed by atoms with E-state index in [0.717, 1.165) is 12.1 Å². The molecule has 0 fully saturated rings. The van der Waals surface area contributed by atoms with Crippen LogP contribution in [0.2, 0.25) is 0 Å². The van der Waals surface area contributed by atoms with Crippen LogP contribution in [-0.2, 0) is 6.42 Å². The molecule has 70 valence electrons. The summed E-state index contributed by atoms with van der Waals surface area (Å²) in [4.78, 5) is 4.09. The molecule has 0 aliphatic rings. The fraction of sp³-hybridized carbons (Fsp3) is 0.500. The van der Waals surface area contributed by atoms with Gasteiger partial charge in [-0.1, -0.05) is 26.3 Å². The van der Waals surface area contributed by atoms with E-state index in [-0.39, 0.29) is 1.43 Å². The molecule has 1 aromatic rings. The first-order valence-electron chi connectivity index (χ1n) is 4.45. The zero-order valence-electron chi connectivity index (χ0n) is 7.96. The van der Waals surface area contributed by atoms with Gasteiger partial charge in [0.25, 0.3) is 0 Å². The van der Waals surface area contributed by atoms with E-state index in [4.69, 9.17) is 5.73 Å². The van der Waals surface area contributed by atoms with Crippen molar-refractivity contribution in [1.82, 2.24) is 4.98 Å². The van der Waals surface area contributed by atoms with E-state index >= 15 is 0 Å². The highest BCUT2D eigenvalue weighted by atomic mass is 14.7. The Kier molecular flexibility index (Phi) is 7.60. The lowest BCUT2D eigenvalue weighted by Gasteiger charge is -1.92. The van der Waals surface area contributed by atoms with Crippen LogP contribution in [0.5, 0.6) is 0 Å². The van der Waals surface area contributed by atoms with Gasteiger partial charge in [0.05, 0.1) is 0 Å². The Morgan fingerprint density at radius 2 is 2.08 bits per heavy atom. The van der Waals surface area contributed by atoms with E-state index in [0.29, 0.717) is 6.54 Å². The molecule has 0 unspecified atom stereocenters. The van der Waals surface area contributed by atoms with Crippen molar-refractivity contribution in [1.29, 1.82) is 0 Å². The van der Waals surface area contributed by atoms with Crippen molar-refractivity contribution in [2.75, 3.05) is 6.54 Å². The molecule has 2 nitrogen and oxygen atoms in total. The molecular weight excluding hydrogens is 148 g/mol. The quantitative estimate of drug-likeness (QED) is 0.735. The molecule has 2 N–H and O–H groups in total. The number of rotatable bonds is 2. The monoisotopic (exact) mass is 168 g/mol. The second kappa shape index (κ2) is 8.21. The fourth-order valence-corrected chi connectivity index (χ4v) is 0.694. The third-order valence-corrected chi connectivity index (χ3v) is 1.13. The molecular formula is C10H20N2. The van der Waals surface area contributed by atoms with Crippen LogP contribution < -0.4 is 5.73 Å². The zero-order chi connectivity index (χ0) is 9.23. The number of nitrogens with two attached hydrogens (primary N) is 1. The SMILES string of the molecule is CCC.NCCc1ccccn1.[HH]. The highest BCUT2D eigenvalue weighted by Gasteiger charge is 1.86. The molecule has 0 atom stereocenters. The molecule has 1 heterocycles. The van der Waals surface area contributed by atoms with Crippen LogP contribution in [0, 0.1) is 0 Å². The summed E-state index contributed by atoms with van der Waals surface area (Å²) in [5, 5.41) is 0. The van der Waals surface area contributed by atoms with Crippen LogP contribution in [0.25, 0.3) is 0 Å². The standard InChI is InChI=1S/C7H10N2.C3H8.H2/c8-5-4-7-3-1-2-6-9-7;1-3-2;/h1-3,6H,4-5,8H2;3H2,1-2H3;1H. The van der Waals surface area contributed by atoms with Gasteiger partial charge in [-0.25, -0.2) is 0 Å². The molecule has 0 saturated carbocycles. The Bertz CT molecular complexity index is 178. The van der Waals surface area contributed by atoms with E-state index in [2.05, 4.69) is 18.8 Å². The second-order valence-corrected chi connectivity index (χ2v) is 2.57. The molecule has 12 heavy (non-hydrogen) atoms. The van der Waals surface area contributed by atoms with Crippen LogP contribution in [0.4, 0.5) is 0 Å². The minimum absolute atomic E-state index is 0. The topological polar surface area (TPSA) is 38.9 Å². The molecule has 0 aromatic carbocycles. The van der Waals surface area contributed by atoms with Gasteiger partial charge in [-0.05, 0) is 18.7 Å². The van der Waals surface area contributed by atoms with Gasteiger partial charge in [-0.3, -0.25) is 4.98 Å². The smallest absolute Gasteiger partial charge is 0.0416 e. The summed E-state index contributed by atoms with van der Waals surface area (Å²) < 4.78 is 0. The number of aromatic nitrogens is 1. The summed E-state index contributed by atoms with van der Waals surface area (Å²) in [7, 11) is 0. The Balaban J connectivity index is 0. The van der Waals surface area contributed by atoms with Gasteiger partial charge >= 0.3 is 0 Å². The molecule has 0 saturated heterocycles. The van der Waals surface area contributed by atoms with Gasteiger partial charge in [0.1, 0.15) is 0 Å². The first-order chi connectivity index (χ1) is 5.85. The van der Waals surface area contributed by atoms with Crippen molar-refractivity contribution in [2.45, 2.75) is 26.7 Å². The van der Waals surface area contributed by atoms with E-state index in [1.165, 1.54) is 6.42 Å². The van der Waals surface area contributed by atoms with Gasteiger partial charge in [-0.2, -0.15) is 0 Å². The predicted molar refractivity (Wildman–Crippen MR) is 55.1 cm³/mol. The van der Waals surface area contributed by atoms with Gasteiger partial charge in [0, 0.05) is 19.7 Å². The molecule has 1 rings (SSSR count). The molecule has 0 bridgehead atoms. The molecule has 0 aliphatic carbocycles. The summed E-state index contributed by atoms with van der Waals surface area (Å²) >= 11 is 0. The lowest BCUT2D eigenvalue weighted by atomic mass is 10.3. The number of hydrogen-bond donors (Lipinski definition) is 1. The maximum atomic E-state index is 5.32. The highest BCUT2D eigenvalue weighted by molar-refractivity contribution is 5.03. The predicted octanol–water partition coefficient (Wildman–Crippen LogP) is 2.25. The van der Waals surface area contributed by atoms with Crippen molar-refractivity contribution in [3.8, 4) is 0 Å². The third kappa shape index (κ3) is 5.86. The van der Waals surface area contributed by atoms with Crippen molar-refractivity contribution in [3.63, 3.8) is 0 Å². The summed E-state index contributed by atoms with van der Waals surface area (Å²) in [6.07, 6.45) is 3.91. The lowest BCUT2D eigenvalue weighted by molar-refractivity contribution is 0.923. The maximum Gasteiger partial charge on any atom is 0.0416 e. The summed E-state index contributed by atoms with van der Waals surface area (Å²) in [5.74, 6) is 0. The Labute approximate surface area is 76.3 Å².